The van der Waals surface area contributed by atoms with Gasteiger partial charge in [-0.1, -0.05) is 5.16 Å². The Morgan fingerprint density at radius 3 is 2.68 bits per heavy atom. The summed E-state index contributed by atoms with van der Waals surface area (Å²) in [7, 11) is 0. The first kappa shape index (κ1) is 17.4. The van der Waals surface area contributed by atoms with E-state index < -0.39 is 0 Å². The van der Waals surface area contributed by atoms with Gasteiger partial charge in [0.15, 0.2) is 0 Å². The van der Waals surface area contributed by atoms with Crippen LogP contribution < -0.4 is 5.69 Å². The van der Waals surface area contributed by atoms with Crippen molar-refractivity contribution >= 4 is 5.91 Å². The van der Waals surface area contributed by atoms with Gasteiger partial charge in [0.05, 0.1) is 11.7 Å². The van der Waals surface area contributed by atoms with Crippen molar-refractivity contribution < 1.29 is 9.32 Å². The summed E-state index contributed by atoms with van der Waals surface area (Å²) < 4.78 is 5.28. The first-order valence-corrected chi connectivity index (χ1v) is 8.67. The normalized spacial score (nSPS) is 17.3. The van der Waals surface area contributed by atoms with Gasteiger partial charge in [-0.3, -0.25) is 4.79 Å². The second kappa shape index (κ2) is 6.82. The lowest BCUT2D eigenvalue weighted by Crippen LogP contribution is -2.31. The lowest BCUT2D eigenvalue weighted by atomic mass is 10.0. The van der Waals surface area contributed by atoms with Crippen LogP contribution in [-0.2, 0) is 11.2 Å². The summed E-state index contributed by atoms with van der Waals surface area (Å²) in [5.41, 5.74) is 3.98. The molecule has 0 radical (unpaired) electrons. The molecule has 0 aliphatic carbocycles. The standard InChI is InChI=1S/C18H24N4O3/c1-10-14(11(2)20-18(24)19-10)7-8-16(23)22-9-5-6-15(22)17-12(3)21-25-13(17)4/h15H,5-9H2,1-4H3,(H,19,20,24)/t15-/m0/s1. The molecule has 1 aliphatic rings. The predicted octanol–water partition coefficient (Wildman–Crippen LogP) is 2.29. The molecule has 2 aromatic rings. The summed E-state index contributed by atoms with van der Waals surface area (Å²) in [5, 5.41) is 4.02. The van der Waals surface area contributed by atoms with Crippen LogP contribution in [-0.4, -0.2) is 32.5 Å². The van der Waals surface area contributed by atoms with Gasteiger partial charge in [0.25, 0.3) is 0 Å². The summed E-state index contributed by atoms with van der Waals surface area (Å²) in [5.74, 6) is 0.909. The monoisotopic (exact) mass is 344 g/mol. The Morgan fingerprint density at radius 2 is 2.04 bits per heavy atom. The summed E-state index contributed by atoms with van der Waals surface area (Å²) in [4.78, 5) is 32.8. The van der Waals surface area contributed by atoms with Gasteiger partial charge in [0.1, 0.15) is 5.76 Å². The fourth-order valence-corrected chi connectivity index (χ4v) is 3.83. The quantitative estimate of drug-likeness (QED) is 0.919. The average Bonchev–Trinajstić information content (AvgIpc) is 3.12. The van der Waals surface area contributed by atoms with Crippen molar-refractivity contribution in [3.8, 4) is 0 Å². The molecule has 0 spiro atoms. The van der Waals surface area contributed by atoms with Crippen LogP contribution in [0.15, 0.2) is 9.32 Å². The Hall–Kier alpha value is -2.44. The number of rotatable bonds is 4. The van der Waals surface area contributed by atoms with Crippen LogP contribution in [0.4, 0.5) is 0 Å². The lowest BCUT2D eigenvalue weighted by Gasteiger charge is -2.25. The van der Waals surface area contributed by atoms with Gasteiger partial charge in [-0.25, -0.2) is 4.79 Å². The lowest BCUT2D eigenvalue weighted by molar-refractivity contribution is -0.132. The highest BCUT2D eigenvalue weighted by Gasteiger charge is 2.33. The number of nitrogens with zero attached hydrogens (tertiary/aromatic N) is 3. The molecule has 1 aliphatic heterocycles. The molecule has 1 N–H and O–H groups in total. The molecule has 0 bridgehead atoms. The highest BCUT2D eigenvalue weighted by Crippen LogP contribution is 2.36. The SMILES string of the molecule is Cc1nc(=O)[nH]c(C)c1CCC(=O)N1CCC[C@H]1c1c(C)noc1C. The molecule has 25 heavy (non-hydrogen) atoms. The number of carbonyl (C=O) groups excluding carboxylic acids is 1. The summed E-state index contributed by atoms with van der Waals surface area (Å²) in [6, 6.07) is 0.0506. The minimum atomic E-state index is -0.344. The summed E-state index contributed by atoms with van der Waals surface area (Å²) in [6.07, 6.45) is 2.89. The predicted molar refractivity (Wildman–Crippen MR) is 92.3 cm³/mol. The van der Waals surface area contributed by atoms with Crippen LogP contribution in [0.2, 0.25) is 0 Å². The van der Waals surface area contributed by atoms with E-state index >= 15 is 0 Å². The summed E-state index contributed by atoms with van der Waals surface area (Å²) in [6.45, 7) is 8.24. The van der Waals surface area contributed by atoms with Crippen LogP contribution in [0.3, 0.4) is 0 Å². The molecule has 2 aromatic heterocycles. The molecular weight excluding hydrogens is 320 g/mol. The average molecular weight is 344 g/mol. The number of nitrogens with one attached hydrogen (secondary N) is 1. The number of amides is 1. The number of aromatic nitrogens is 3. The second-order valence-corrected chi connectivity index (χ2v) is 6.71. The van der Waals surface area contributed by atoms with Gasteiger partial charge in [-0.2, -0.15) is 4.98 Å². The minimum Gasteiger partial charge on any atom is -0.361 e. The molecular formula is C18H24N4O3. The molecule has 3 rings (SSSR count). The van der Waals surface area contributed by atoms with Crippen molar-refractivity contribution in [2.75, 3.05) is 6.54 Å². The number of aromatic amines is 1. The fourth-order valence-electron chi connectivity index (χ4n) is 3.83. The van der Waals surface area contributed by atoms with Crippen molar-refractivity contribution in [2.45, 2.75) is 59.4 Å². The molecule has 0 unspecified atom stereocenters. The van der Waals surface area contributed by atoms with Gasteiger partial charge in [0, 0.05) is 29.9 Å². The third-order valence-corrected chi connectivity index (χ3v) is 5.04. The van der Waals surface area contributed by atoms with Gasteiger partial charge in [-0.05, 0) is 52.5 Å². The third kappa shape index (κ3) is 3.36. The highest BCUT2D eigenvalue weighted by atomic mass is 16.5. The Labute approximate surface area is 146 Å². The van der Waals surface area contributed by atoms with Crippen LogP contribution in [0.1, 0.15) is 59.3 Å². The van der Waals surface area contributed by atoms with Gasteiger partial charge in [0.2, 0.25) is 5.91 Å². The van der Waals surface area contributed by atoms with E-state index in [0.29, 0.717) is 18.5 Å². The van der Waals surface area contributed by atoms with E-state index in [2.05, 4.69) is 15.1 Å². The Balaban J connectivity index is 1.74. The molecule has 3 heterocycles. The number of carbonyl (C=O) groups is 1. The van der Waals surface area contributed by atoms with E-state index in [1.807, 2.05) is 32.6 Å². The molecule has 7 nitrogen and oxygen atoms in total. The van der Waals surface area contributed by atoms with E-state index in [0.717, 1.165) is 47.7 Å². The zero-order valence-electron chi connectivity index (χ0n) is 15.2. The first-order valence-electron chi connectivity index (χ1n) is 8.67. The largest absolute Gasteiger partial charge is 0.361 e. The molecule has 0 aromatic carbocycles. The Bertz CT molecular complexity index is 807. The smallest absolute Gasteiger partial charge is 0.345 e. The zero-order chi connectivity index (χ0) is 18.1. The minimum absolute atomic E-state index is 0.0506. The van der Waals surface area contributed by atoms with Gasteiger partial charge in [-0.15, -0.1) is 0 Å². The van der Waals surface area contributed by atoms with Gasteiger partial charge < -0.3 is 14.4 Å². The number of hydrogen-bond acceptors (Lipinski definition) is 5. The first-order chi connectivity index (χ1) is 11.9. The van der Waals surface area contributed by atoms with E-state index in [1.54, 1.807) is 0 Å². The molecule has 134 valence electrons. The van der Waals surface area contributed by atoms with E-state index in [1.165, 1.54) is 0 Å². The van der Waals surface area contributed by atoms with E-state index in [9.17, 15) is 9.59 Å². The number of H-pyrrole nitrogens is 1. The maximum Gasteiger partial charge on any atom is 0.345 e. The molecule has 7 heteroatoms. The van der Waals surface area contributed by atoms with Crippen LogP contribution in [0.5, 0.6) is 0 Å². The van der Waals surface area contributed by atoms with Crippen LogP contribution in [0.25, 0.3) is 0 Å². The van der Waals surface area contributed by atoms with E-state index in [4.69, 9.17) is 4.52 Å². The molecule has 1 atom stereocenters. The van der Waals surface area contributed by atoms with Gasteiger partial charge >= 0.3 is 5.69 Å². The van der Waals surface area contributed by atoms with Crippen molar-refractivity contribution in [1.29, 1.82) is 0 Å². The molecule has 1 fully saturated rings. The van der Waals surface area contributed by atoms with Crippen molar-refractivity contribution in [3.63, 3.8) is 0 Å². The Kier molecular flexibility index (Phi) is 4.74. The summed E-state index contributed by atoms with van der Waals surface area (Å²) >= 11 is 0. The number of likely N-dealkylation sites (tertiary alicyclic amines) is 1. The third-order valence-electron chi connectivity index (χ3n) is 5.04. The Morgan fingerprint density at radius 1 is 1.28 bits per heavy atom. The van der Waals surface area contributed by atoms with Crippen molar-refractivity contribution in [2.24, 2.45) is 0 Å². The number of aryl methyl sites for hydroxylation is 4. The van der Waals surface area contributed by atoms with Crippen LogP contribution >= 0.6 is 0 Å². The van der Waals surface area contributed by atoms with Crippen molar-refractivity contribution in [3.05, 3.63) is 44.5 Å². The van der Waals surface area contributed by atoms with Crippen LogP contribution in [0, 0.1) is 27.7 Å². The van der Waals surface area contributed by atoms with E-state index in [-0.39, 0.29) is 17.6 Å². The fraction of sp³-hybridized carbons (Fsp3) is 0.556. The zero-order valence-corrected chi connectivity index (χ0v) is 15.2. The molecule has 1 amide bonds. The maximum absolute atomic E-state index is 12.8. The molecule has 1 saturated heterocycles. The highest BCUT2D eigenvalue weighted by molar-refractivity contribution is 5.77. The topological polar surface area (TPSA) is 92.1 Å². The number of hydrogen-bond donors (Lipinski definition) is 1. The molecule has 0 saturated carbocycles. The maximum atomic E-state index is 12.8. The van der Waals surface area contributed by atoms with Crippen molar-refractivity contribution in [1.82, 2.24) is 20.0 Å². The second-order valence-electron chi connectivity index (χ2n) is 6.71.